The summed E-state index contributed by atoms with van der Waals surface area (Å²) < 4.78 is 5.68. The first-order valence-corrected chi connectivity index (χ1v) is 7.32. The summed E-state index contributed by atoms with van der Waals surface area (Å²) in [6, 6.07) is 13.9. The number of carbonyl (C=O) groups excluding carboxylic acids is 1. The van der Waals surface area contributed by atoms with E-state index in [-0.39, 0.29) is 5.91 Å². The van der Waals surface area contributed by atoms with E-state index in [0.29, 0.717) is 27.9 Å². The maximum absolute atomic E-state index is 12.2. The van der Waals surface area contributed by atoms with Crippen LogP contribution in [0.15, 0.2) is 48.5 Å². The van der Waals surface area contributed by atoms with Crippen molar-refractivity contribution in [1.82, 2.24) is 0 Å². The Kier molecular flexibility index (Phi) is 5.48. The first-order valence-electron chi connectivity index (χ1n) is 6.57. The number of anilines is 1. The van der Waals surface area contributed by atoms with Gasteiger partial charge in [0.15, 0.2) is 6.10 Å². The molecule has 1 amide bonds. The number of nitrogens with one attached hydrogen (secondary N) is 1. The summed E-state index contributed by atoms with van der Waals surface area (Å²) in [5, 5.41) is 4.05. The molecule has 0 aliphatic heterocycles. The maximum atomic E-state index is 12.2. The quantitative estimate of drug-likeness (QED) is 0.859. The van der Waals surface area contributed by atoms with Crippen molar-refractivity contribution >= 4 is 34.8 Å². The Hall–Kier alpha value is -1.71. The SMILES string of the molecule is CC[C@@H](Oc1ccc(Cl)cc1)C(=O)Nc1ccc(Cl)cc1. The molecule has 21 heavy (non-hydrogen) atoms. The van der Waals surface area contributed by atoms with E-state index in [1.54, 1.807) is 48.5 Å². The molecule has 0 unspecified atom stereocenters. The van der Waals surface area contributed by atoms with Gasteiger partial charge < -0.3 is 10.1 Å². The third-order valence-electron chi connectivity index (χ3n) is 2.87. The fraction of sp³-hybridized carbons (Fsp3) is 0.188. The van der Waals surface area contributed by atoms with Gasteiger partial charge in [0.1, 0.15) is 5.75 Å². The smallest absolute Gasteiger partial charge is 0.265 e. The number of hydrogen-bond acceptors (Lipinski definition) is 2. The van der Waals surface area contributed by atoms with Crippen molar-refractivity contribution in [1.29, 1.82) is 0 Å². The first kappa shape index (κ1) is 15.7. The molecule has 0 fully saturated rings. The zero-order chi connectivity index (χ0) is 15.2. The minimum Gasteiger partial charge on any atom is -0.481 e. The summed E-state index contributed by atoms with van der Waals surface area (Å²) in [6.45, 7) is 1.89. The highest BCUT2D eigenvalue weighted by Gasteiger charge is 2.18. The van der Waals surface area contributed by atoms with Crippen molar-refractivity contribution in [2.75, 3.05) is 5.32 Å². The summed E-state index contributed by atoms with van der Waals surface area (Å²) in [4.78, 5) is 12.2. The highest BCUT2D eigenvalue weighted by molar-refractivity contribution is 6.30. The van der Waals surface area contributed by atoms with Crippen molar-refractivity contribution in [3.8, 4) is 5.75 Å². The largest absolute Gasteiger partial charge is 0.481 e. The van der Waals surface area contributed by atoms with E-state index in [1.807, 2.05) is 6.92 Å². The Morgan fingerprint density at radius 1 is 1.05 bits per heavy atom. The maximum Gasteiger partial charge on any atom is 0.265 e. The third-order valence-corrected chi connectivity index (χ3v) is 3.37. The average molecular weight is 324 g/mol. The van der Waals surface area contributed by atoms with E-state index in [2.05, 4.69) is 5.32 Å². The molecule has 2 rings (SSSR count). The summed E-state index contributed by atoms with van der Waals surface area (Å²) in [5.41, 5.74) is 0.683. The van der Waals surface area contributed by atoms with Crippen molar-refractivity contribution < 1.29 is 9.53 Å². The van der Waals surface area contributed by atoms with E-state index >= 15 is 0 Å². The van der Waals surface area contributed by atoms with Crippen LogP contribution in [0.5, 0.6) is 5.75 Å². The van der Waals surface area contributed by atoms with E-state index < -0.39 is 6.10 Å². The molecule has 2 aromatic rings. The molecule has 110 valence electrons. The predicted octanol–water partition coefficient (Wildman–Crippen LogP) is 4.79. The van der Waals surface area contributed by atoms with Gasteiger partial charge in [-0.25, -0.2) is 0 Å². The van der Waals surface area contributed by atoms with Gasteiger partial charge in [0.25, 0.3) is 5.91 Å². The molecular weight excluding hydrogens is 309 g/mol. The normalized spacial score (nSPS) is 11.8. The third kappa shape index (κ3) is 4.66. The van der Waals surface area contributed by atoms with Crippen LogP contribution in [-0.2, 0) is 4.79 Å². The summed E-state index contributed by atoms with van der Waals surface area (Å²) in [6.07, 6.45) is -0.0101. The van der Waals surface area contributed by atoms with Gasteiger partial charge in [0.05, 0.1) is 0 Å². The first-order chi connectivity index (χ1) is 10.1. The van der Waals surface area contributed by atoms with Crippen molar-refractivity contribution in [3.05, 3.63) is 58.6 Å². The Bertz CT molecular complexity index is 597. The molecule has 2 aromatic carbocycles. The Labute approximate surface area is 133 Å². The molecule has 0 heterocycles. The Morgan fingerprint density at radius 2 is 1.57 bits per heavy atom. The molecular formula is C16H15Cl2NO2. The van der Waals surface area contributed by atoms with E-state index in [1.165, 1.54) is 0 Å². The predicted molar refractivity (Wildman–Crippen MR) is 86.2 cm³/mol. The second-order valence-electron chi connectivity index (χ2n) is 4.46. The van der Waals surface area contributed by atoms with Crippen LogP contribution in [-0.4, -0.2) is 12.0 Å². The number of carbonyl (C=O) groups is 1. The Balaban J connectivity index is 2.01. The summed E-state index contributed by atoms with van der Waals surface area (Å²) >= 11 is 11.6. The van der Waals surface area contributed by atoms with Crippen LogP contribution in [0, 0.1) is 0 Å². The van der Waals surface area contributed by atoms with Gasteiger partial charge in [-0.3, -0.25) is 4.79 Å². The summed E-state index contributed by atoms with van der Waals surface area (Å²) in [5.74, 6) is 0.410. The number of halogens is 2. The monoisotopic (exact) mass is 323 g/mol. The zero-order valence-corrected chi connectivity index (χ0v) is 13.0. The molecule has 0 saturated heterocycles. The number of ether oxygens (including phenoxy) is 1. The standard InChI is InChI=1S/C16H15Cl2NO2/c1-2-15(21-14-9-5-12(18)6-10-14)16(20)19-13-7-3-11(17)4-8-13/h3-10,15H,2H2,1H3,(H,19,20)/t15-/m1/s1. The van der Waals surface area contributed by atoms with Gasteiger partial charge in [0.2, 0.25) is 0 Å². The van der Waals surface area contributed by atoms with Crippen molar-refractivity contribution in [3.63, 3.8) is 0 Å². The van der Waals surface area contributed by atoms with Crippen LogP contribution in [0.3, 0.4) is 0 Å². The highest BCUT2D eigenvalue weighted by atomic mass is 35.5. The van der Waals surface area contributed by atoms with Gasteiger partial charge in [-0.05, 0) is 55.0 Å². The second kappa shape index (κ2) is 7.34. The lowest BCUT2D eigenvalue weighted by atomic mass is 10.2. The molecule has 0 aliphatic rings. The molecule has 0 spiro atoms. The number of amides is 1. The highest BCUT2D eigenvalue weighted by Crippen LogP contribution is 2.19. The molecule has 0 aromatic heterocycles. The number of rotatable bonds is 5. The van der Waals surface area contributed by atoms with Gasteiger partial charge in [-0.15, -0.1) is 0 Å². The topological polar surface area (TPSA) is 38.3 Å². The van der Waals surface area contributed by atoms with Crippen LogP contribution < -0.4 is 10.1 Å². The van der Waals surface area contributed by atoms with E-state index in [0.717, 1.165) is 0 Å². The molecule has 0 bridgehead atoms. The van der Waals surface area contributed by atoms with E-state index in [9.17, 15) is 4.79 Å². The van der Waals surface area contributed by atoms with Gasteiger partial charge in [-0.2, -0.15) is 0 Å². The van der Waals surface area contributed by atoms with Crippen LogP contribution in [0.1, 0.15) is 13.3 Å². The fourth-order valence-electron chi connectivity index (χ4n) is 1.76. The molecule has 5 heteroatoms. The molecule has 0 aliphatic carbocycles. The zero-order valence-electron chi connectivity index (χ0n) is 11.5. The average Bonchev–Trinajstić information content (AvgIpc) is 2.49. The lowest BCUT2D eigenvalue weighted by Crippen LogP contribution is -2.32. The van der Waals surface area contributed by atoms with Gasteiger partial charge >= 0.3 is 0 Å². The minimum absolute atomic E-state index is 0.199. The van der Waals surface area contributed by atoms with Gasteiger partial charge in [0, 0.05) is 15.7 Å². The molecule has 0 saturated carbocycles. The minimum atomic E-state index is -0.568. The van der Waals surface area contributed by atoms with Crippen LogP contribution in [0.2, 0.25) is 10.0 Å². The Morgan fingerprint density at radius 3 is 2.10 bits per heavy atom. The number of hydrogen-bond donors (Lipinski definition) is 1. The van der Waals surface area contributed by atoms with E-state index in [4.69, 9.17) is 27.9 Å². The fourth-order valence-corrected chi connectivity index (χ4v) is 2.01. The molecule has 1 atom stereocenters. The molecule has 3 nitrogen and oxygen atoms in total. The van der Waals surface area contributed by atoms with Crippen LogP contribution in [0.25, 0.3) is 0 Å². The van der Waals surface area contributed by atoms with Crippen molar-refractivity contribution in [2.45, 2.75) is 19.4 Å². The molecule has 0 radical (unpaired) electrons. The lowest BCUT2D eigenvalue weighted by molar-refractivity contribution is -0.122. The van der Waals surface area contributed by atoms with Gasteiger partial charge in [-0.1, -0.05) is 30.1 Å². The van der Waals surface area contributed by atoms with Crippen LogP contribution >= 0.6 is 23.2 Å². The second-order valence-corrected chi connectivity index (χ2v) is 5.34. The number of benzene rings is 2. The van der Waals surface area contributed by atoms with Crippen molar-refractivity contribution in [2.24, 2.45) is 0 Å². The lowest BCUT2D eigenvalue weighted by Gasteiger charge is -2.17. The van der Waals surface area contributed by atoms with Crippen LogP contribution in [0.4, 0.5) is 5.69 Å². The summed E-state index contributed by atoms with van der Waals surface area (Å²) in [7, 11) is 0. The molecule has 1 N–H and O–H groups in total.